The van der Waals surface area contributed by atoms with Gasteiger partial charge in [0.15, 0.2) is 0 Å². The van der Waals surface area contributed by atoms with E-state index >= 15 is 0 Å². The van der Waals surface area contributed by atoms with Crippen molar-refractivity contribution in [3.63, 3.8) is 0 Å². The first-order chi connectivity index (χ1) is 15.9. The molecule has 1 aromatic carbocycles. The van der Waals surface area contributed by atoms with Gasteiger partial charge in [-0.2, -0.15) is 0 Å². The minimum atomic E-state index is -1.24. The fraction of sp³-hybridized carbons (Fsp3) is 0.552. The Morgan fingerprint density at radius 3 is 2.47 bits per heavy atom. The molecule has 188 valence electrons. The molecule has 1 aliphatic rings. The fourth-order valence-corrected chi connectivity index (χ4v) is 4.72. The number of rotatable bonds is 9. The van der Waals surface area contributed by atoms with Crippen LogP contribution in [0.2, 0.25) is 0 Å². The Morgan fingerprint density at radius 2 is 1.88 bits per heavy atom. The van der Waals surface area contributed by atoms with E-state index < -0.39 is 23.4 Å². The van der Waals surface area contributed by atoms with Crippen LogP contribution in [0.15, 0.2) is 47.6 Å². The fourth-order valence-electron chi connectivity index (χ4n) is 4.72. The molecule has 0 radical (unpaired) electrons. The number of aromatic hydroxyl groups is 2. The highest BCUT2D eigenvalue weighted by Crippen LogP contribution is 2.47. The van der Waals surface area contributed by atoms with Crippen LogP contribution in [-0.2, 0) is 16.0 Å². The zero-order valence-corrected chi connectivity index (χ0v) is 21.8. The molecule has 0 saturated carbocycles. The molecule has 1 aromatic rings. The molecule has 34 heavy (non-hydrogen) atoms. The standard InChI is InChI=1S/C29H42O5/c1-18(2)9-8-10-20(5)11-12-22-25(30)14-13-23(27(22)31)26(28(32)34-7)24-17-21(19(3)4)15-16-29(24,6)33/h9,11,13-16,19,21,24,26,30-31,33H,8,10,12,17H2,1-7H3/b20-11+/t21-,24-,26-,29-/m0/s1. The van der Waals surface area contributed by atoms with Crippen molar-refractivity contribution < 1.29 is 24.9 Å². The molecule has 4 atom stereocenters. The van der Waals surface area contributed by atoms with Crippen LogP contribution in [-0.4, -0.2) is 34.0 Å². The number of benzene rings is 1. The van der Waals surface area contributed by atoms with Gasteiger partial charge in [-0.05, 0) is 71.3 Å². The lowest BCUT2D eigenvalue weighted by atomic mass is 9.66. The Hall–Kier alpha value is -2.53. The number of hydrogen-bond acceptors (Lipinski definition) is 5. The van der Waals surface area contributed by atoms with Crippen molar-refractivity contribution in [2.75, 3.05) is 7.11 Å². The highest BCUT2D eigenvalue weighted by molar-refractivity contribution is 5.80. The lowest BCUT2D eigenvalue weighted by Crippen LogP contribution is -2.43. The minimum Gasteiger partial charge on any atom is -0.508 e. The third-order valence-corrected chi connectivity index (χ3v) is 7.04. The third-order valence-electron chi connectivity index (χ3n) is 7.04. The van der Waals surface area contributed by atoms with E-state index in [9.17, 15) is 20.1 Å². The molecule has 0 heterocycles. The van der Waals surface area contributed by atoms with E-state index in [0.717, 1.165) is 18.4 Å². The molecule has 1 aliphatic carbocycles. The number of esters is 1. The topological polar surface area (TPSA) is 87.0 Å². The van der Waals surface area contributed by atoms with Gasteiger partial charge >= 0.3 is 5.97 Å². The molecule has 0 aromatic heterocycles. The number of phenols is 2. The number of hydrogen-bond donors (Lipinski definition) is 3. The Kier molecular flexibility index (Phi) is 9.57. The van der Waals surface area contributed by atoms with Gasteiger partial charge in [-0.1, -0.05) is 55.4 Å². The first kappa shape index (κ1) is 27.7. The molecule has 0 aliphatic heterocycles. The number of aliphatic hydroxyl groups is 1. The third kappa shape index (κ3) is 6.75. The van der Waals surface area contributed by atoms with Crippen molar-refractivity contribution in [1.82, 2.24) is 0 Å². The second-order valence-corrected chi connectivity index (χ2v) is 10.4. The van der Waals surface area contributed by atoms with Crippen molar-refractivity contribution in [3.8, 4) is 11.5 Å². The number of methoxy groups -OCH3 is 1. The molecule has 0 unspecified atom stereocenters. The molecular weight excluding hydrogens is 428 g/mol. The Morgan fingerprint density at radius 1 is 1.21 bits per heavy atom. The van der Waals surface area contributed by atoms with Gasteiger partial charge in [0.2, 0.25) is 0 Å². The molecule has 5 nitrogen and oxygen atoms in total. The van der Waals surface area contributed by atoms with Gasteiger partial charge < -0.3 is 20.1 Å². The van der Waals surface area contributed by atoms with Crippen LogP contribution in [0.25, 0.3) is 0 Å². The molecule has 0 fully saturated rings. The van der Waals surface area contributed by atoms with Gasteiger partial charge in [0.1, 0.15) is 11.5 Å². The highest BCUT2D eigenvalue weighted by atomic mass is 16.5. The molecule has 0 amide bonds. The summed E-state index contributed by atoms with van der Waals surface area (Å²) in [4.78, 5) is 13.0. The van der Waals surface area contributed by atoms with E-state index in [1.165, 1.54) is 18.7 Å². The lowest BCUT2D eigenvalue weighted by molar-refractivity contribution is -0.147. The summed E-state index contributed by atoms with van der Waals surface area (Å²) >= 11 is 0. The molecule has 0 spiro atoms. The summed E-state index contributed by atoms with van der Waals surface area (Å²) in [5.41, 5.74) is 1.94. The summed E-state index contributed by atoms with van der Waals surface area (Å²) in [5, 5.41) is 32.9. The average Bonchev–Trinajstić information content (AvgIpc) is 2.75. The zero-order chi connectivity index (χ0) is 25.6. The number of allylic oxidation sites excluding steroid dienone is 5. The van der Waals surface area contributed by atoms with E-state index in [1.807, 2.05) is 19.1 Å². The second kappa shape index (κ2) is 11.7. The Bertz CT molecular complexity index is 948. The smallest absolute Gasteiger partial charge is 0.313 e. The number of phenolic OH excluding ortho intramolecular Hbond substituents is 2. The van der Waals surface area contributed by atoms with Crippen LogP contribution < -0.4 is 0 Å². The van der Waals surface area contributed by atoms with Crippen LogP contribution in [0, 0.1) is 17.8 Å². The number of carbonyl (C=O) groups is 1. The van der Waals surface area contributed by atoms with Gasteiger partial charge in [-0.25, -0.2) is 0 Å². The molecule has 0 saturated heterocycles. The first-order valence-corrected chi connectivity index (χ1v) is 12.2. The molecule has 3 N–H and O–H groups in total. The largest absolute Gasteiger partial charge is 0.508 e. The van der Waals surface area contributed by atoms with Crippen LogP contribution >= 0.6 is 0 Å². The van der Waals surface area contributed by atoms with Gasteiger partial charge in [-0.3, -0.25) is 4.79 Å². The van der Waals surface area contributed by atoms with Gasteiger partial charge in [0, 0.05) is 17.0 Å². The molecule has 2 rings (SSSR count). The van der Waals surface area contributed by atoms with E-state index in [1.54, 1.807) is 19.1 Å². The summed E-state index contributed by atoms with van der Waals surface area (Å²) in [6.45, 7) is 12.1. The van der Waals surface area contributed by atoms with Gasteiger partial charge in [-0.15, -0.1) is 0 Å². The quantitative estimate of drug-likeness (QED) is 0.296. The molecule has 0 bridgehead atoms. The van der Waals surface area contributed by atoms with E-state index in [4.69, 9.17) is 4.74 Å². The summed E-state index contributed by atoms with van der Waals surface area (Å²) in [6.07, 6.45) is 10.7. The SMILES string of the molecule is COC(=O)[C@@H](c1ccc(O)c(C/C=C(\C)CCC=C(C)C)c1O)[C@@H]1C[C@@H](C(C)C)C=C[C@]1(C)O. The predicted molar refractivity (Wildman–Crippen MR) is 137 cm³/mol. The summed E-state index contributed by atoms with van der Waals surface area (Å²) in [5.74, 6) is -1.46. The zero-order valence-electron chi connectivity index (χ0n) is 21.8. The van der Waals surface area contributed by atoms with Crippen LogP contribution in [0.3, 0.4) is 0 Å². The maximum atomic E-state index is 13.0. The Balaban J connectivity index is 2.45. The number of carbonyl (C=O) groups excluding carboxylic acids is 1. The summed E-state index contributed by atoms with van der Waals surface area (Å²) in [7, 11) is 1.32. The predicted octanol–water partition coefficient (Wildman–Crippen LogP) is 6.19. The van der Waals surface area contributed by atoms with Crippen molar-refractivity contribution in [2.45, 2.75) is 78.7 Å². The van der Waals surface area contributed by atoms with Crippen LogP contribution in [0.5, 0.6) is 11.5 Å². The maximum absolute atomic E-state index is 13.0. The first-order valence-electron chi connectivity index (χ1n) is 12.2. The minimum absolute atomic E-state index is 0.0198. The Labute approximate surface area is 204 Å². The summed E-state index contributed by atoms with van der Waals surface area (Å²) < 4.78 is 5.13. The van der Waals surface area contributed by atoms with Crippen LogP contribution in [0.1, 0.15) is 77.8 Å². The number of ether oxygens (including phenoxy) is 1. The lowest BCUT2D eigenvalue weighted by Gasteiger charge is -2.41. The highest BCUT2D eigenvalue weighted by Gasteiger charge is 2.45. The van der Waals surface area contributed by atoms with Crippen molar-refractivity contribution >= 4 is 5.97 Å². The monoisotopic (exact) mass is 470 g/mol. The van der Waals surface area contributed by atoms with Crippen LogP contribution in [0.4, 0.5) is 0 Å². The van der Waals surface area contributed by atoms with Crippen molar-refractivity contribution in [3.05, 3.63) is 58.7 Å². The second-order valence-electron chi connectivity index (χ2n) is 10.4. The normalized spacial score (nSPS) is 23.6. The van der Waals surface area contributed by atoms with E-state index in [2.05, 4.69) is 33.8 Å². The maximum Gasteiger partial charge on any atom is 0.313 e. The van der Waals surface area contributed by atoms with Crippen molar-refractivity contribution in [1.29, 1.82) is 0 Å². The molecule has 5 heteroatoms. The summed E-state index contributed by atoms with van der Waals surface area (Å²) in [6, 6.07) is 3.08. The van der Waals surface area contributed by atoms with Gasteiger partial charge in [0.05, 0.1) is 18.6 Å². The van der Waals surface area contributed by atoms with Gasteiger partial charge in [0.25, 0.3) is 0 Å². The average molecular weight is 471 g/mol. The van der Waals surface area contributed by atoms with Crippen molar-refractivity contribution in [2.24, 2.45) is 17.8 Å². The van der Waals surface area contributed by atoms with E-state index in [-0.39, 0.29) is 17.4 Å². The molecular formula is C29H42O5. The van der Waals surface area contributed by atoms with E-state index in [0.29, 0.717) is 29.9 Å².